The molecule has 1 aliphatic heterocycles. The largest absolute Gasteiger partial charge is 0.452 e. The molecule has 0 radical (unpaired) electrons. The molecule has 0 unspecified atom stereocenters. The molecule has 9 heteroatoms. The number of nitrogen functional groups attached to an aromatic ring is 1. The minimum Gasteiger partial charge on any atom is -0.452 e. The number of ether oxygens (including phenoxy) is 1. The highest BCUT2D eigenvalue weighted by Crippen LogP contribution is 2.32. The normalized spacial score (nSPS) is 21.7. The van der Waals surface area contributed by atoms with E-state index in [1.165, 1.54) is 12.1 Å². The van der Waals surface area contributed by atoms with Crippen LogP contribution in [0.3, 0.4) is 0 Å². The van der Waals surface area contributed by atoms with Crippen LogP contribution in [-0.2, 0) is 19.4 Å². The van der Waals surface area contributed by atoms with Crippen molar-refractivity contribution >= 4 is 39.0 Å². The molecule has 2 N–H and O–H groups in total. The molecule has 0 spiro atoms. The molecule has 1 saturated carbocycles. The lowest BCUT2D eigenvalue weighted by Gasteiger charge is -2.28. The molecule has 0 bridgehead atoms. The minimum absolute atomic E-state index is 0.0234. The van der Waals surface area contributed by atoms with E-state index < -0.39 is 22.4 Å². The van der Waals surface area contributed by atoms with E-state index in [9.17, 15) is 18.0 Å². The third-order valence-corrected chi connectivity index (χ3v) is 6.38. The molecule has 136 valence electrons. The zero-order valence-corrected chi connectivity index (χ0v) is 15.1. The number of esters is 1. The zero-order valence-electron chi connectivity index (χ0n) is 13.5. The molecule has 25 heavy (non-hydrogen) atoms. The van der Waals surface area contributed by atoms with Crippen molar-refractivity contribution in [3.05, 3.63) is 28.8 Å². The molecule has 2 aliphatic rings. The summed E-state index contributed by atoms with van der Waals surface area (Å²) in [5.74, 6) is -1.04. The molecule has 2 fully saturated rings. The first-order valence-corrected chi connectivity index (χ1v) is 10.2. The number of hydrogen-bond donors (Lipinski definition) is 1. The fourth-order valence-corrected chi connectivity index (χ4v) is 4.92. The highest BCUT2D eigenvalue weighted by molar-refractivity contribution is 7.91. The van der Waals surface area contributed by atoms with Gasteiger partial charge >= 0.3 is 5.97 Å². The average Bonchev–Trinajstić information content (AvgIpc) is 3.31. The van der Waals surface area contributed by atoms with Gasteiger partial charge in [-0.25, -0.2) is 13.2 Å². The van der Waals surface area contributed by atoms with Crippen LogP contribution in [0.4, 0.5) is 5.69 Å². The molecule has 1 heterocycles. The molecular weight excluding hydrogens is 368 g/mol. The van der Waals surface area contributed by atoms with E-state index in [2.05, 4.69) is 0 Å². The van der Waals surface area contributed by atoms with Crippen LogP contribution in [0.25, 0.3) is 0 Å². The molecule has 1 saturated heterocycles. The number of hydrogen-bond acceptors (Lipinski definition) is 6. The van der Waals surface area contributed by atoms with Gasteiger partial charge in [0.05, 0.1) is 17.1 Å². The molecule has 0 aromatic heterocycles. The Balaban J connectivity index is 1.64. The Labute approximate surface area is 151 Å². The van der Waals surface area contributed by atoms with Crippen LogP contribution < -0.4 is 5.73 Å². The van der Waals surface area contributed by atoms with Crippen LogP contribution in [0.2, 0.25) is 5.02 Å². The predicted molar refractivity (Wildman–Crippen MR) is 93.1 cm³/mol. The van der Waals surface area contributed by atoms with E-state index in [1.807, 2.05) is 0 Å². The molecule has 3 rings (SSSR count). The first-order chi connectivity index (χ1) is 11.8. The highest BCUT2D eigenvalue weighted by Gasteiger charge is 2.42. The molecule has 1 aromatic rings. The Hall–Kier alpha value is -1.80. The van der Waals surface area contributed by atoms with Crippen molar-refractivity contribution in [3.63, 3.8) is 0 Å². The van der Waals surface area contributed by atoms with Gasteiger partial charge in [-0.3, -0.25) is 4.79 Å². The Kier molecular flexibility index (Phi) is 4.92. The van der Waals surface area contributed by atoms with Crippen LogP contribution in [0.15, 0.2) is 18.2 Å². The van der Waals surface area contributed by atoms with E-state index in [0.717, 1.165) is 12.8 Å². The summed E-state index contributed by atoms with van der Waals surface area (Å²) >= 11 is 5.84. The van der Waals surface area contributed by atoms with Crippen molar-refractivity contribution in [3.8, 4) is 0 Å². The summed E-state index contributed by atoms with van der Waals surface area (Å²) in [5.41, 5.74) is 6.03. The van der Waals surface area contributed by atoms with Crippen molar-refractivity contribution in [2.24, 2.45) is 0 Å². The topological polar surface area (TPSA) is 107 Å². The molecule has 1 aromatic carbocycles. The van der Waals surface area contributed by atoms with Gasteiger partial charge in [-0.1, -0.05) is 11.6 Å². The van der Waals surface area contributed by atoms with Gasteiger partial charge in [-0.15, -0.1) is 0 Å². The van der Waals surface area contributed by atoms with Crippen LogP contribution in [0.5, 0.6) is 0 Å². The molecular formula is C16H19ClN2O5S. The van der Waals surface area contributed by atoms with Crippen molar-refractivity contribution in [1.82, 2.24) is 4.90 Å². The quantitative estimate of drug-likeness (QED) is 0.603. The lowest BCUT2D eigenvalue weighted by atomic mass is 10.2. The summed E-state index contributed by atoms with van der Waals surface area (Å²) in [4.78, 5) is 26.2. The Bertz CT molecular complexity index is 807. The maximum absolute atomic E-state index is 12.5. The third-order valence-electron chi connectivity index (χ3n) is 4.39. The number of carbonyl (C=O) groups excluding carboxylic acids is 2. The summed E-state index contributed by atoms with van der Waals surface area (Å²) in [6.07, 6.45) is 2.12. The van der Waals surface area contributed by atoms with Gasteiger partial charge in [0.25, 0.3) is 5.91 Å². The second-order valence-electron chi connectivity index (χ2n) is 6.40. The zero-order chi connectivity index (χ0) is 18.2. The second kappa shape index (κ2) is 6.84. The fraction of sp³-hybridized carbons (Fsp3) is 0.500. The number of carbonyl (C=O) groups is 2. The summed E-state index contributed by atoms with van der Waals surface area (Å²) in [6, 6.07) is 4.13. The maximum Gasteiger partial charge on any atom is 0.340 e. The molecule has 1 amide bonds. The number of sulfone groups is 1. The maximum atomic E-state index is 12.5. The van der Waals surface area contributed by atoms with Crippen LogP contribution >= 0.6 is 11.6 Å². The van der Waals surface area contributed by atoms with Gasteiger partial charge in [0.15, 0.2) is 16.4 Å². The van der Waals surface area contributed by atoms with Gasteiger partial charge in [0, 0.05) is 22.8 Å². The molecule has 7 nitrogen and oxygen atoms in total. The number of nitrogens with two attached hydrogens (primary N) is 1. The first-order valence-electron chi connectivity index (χ1n) is 8.00. The molecule has 1 atom stereocenters. The van der Waals surface area contributed by atoms with E-state index in [-0.39, 0.29) is 40.7 Å². The van der Waals surface area contributed by atoms with E-state index >= 15 is 0 Å². The van der Waals surface area contributed by atoms with Crippen LogP contribution in [0, 0.1) is 0 Å². The smallest absolute Gasteiger partial charge is 0.340 e. The standard InChI is InChI=1S/C16H19ClN2O5S/c17-10-1-4-14(18)13(7-10)16(21)24-8-15(20)19(11-2-3-11)12-5-6-25(22,23)9-12/h1,4,7,11-12H,2-3,5-6,8-9,18H2/t12-/m1/s1. The van der Waals surface area contributed by atoms with Crippen molar-refractivity contribution in [2.75, 3.05) is 23.8 Å². The van der Waals surface area contributed by atoms with E-state index in [1.54, 1.807) is 11.0 Å². The lowest BCUT2D eigenvalue weighted by Crippen LogP contribution is -2.44. The van der Waals surface area contributed by atoms with Crippen molar-refractivity contribution in [1.29, 1.82) is 0 Å². The lowest BCUT2D eigenvalue weighted by molar-refractivity contribution is -0.137. The molecule has 1 aliphatic carbocycles. The number of nitrogens with zero attached hydrogens (tertiary/aromatic N) is 1. The van der Waals surface area contributed by atoms with Gasteiger partial charge in [-0.05, 0) is 37.5 Å². The summed E-state index contributed by atoms with van der Waals surface area (Å²) in [6.45, 7) is -0.447. The van der Waals surface area contributed by atoms with E-state index in [0.29, 0.717) is 11.4 Å². The number of amides is 1. The minimum atomic E-state index is -3.10. The summed E-state index contributed by atoms with van der Waals surface area (Å²) < 4.78 is 28.4. The summed E-state index contributed by atoms with van der Waals surface area (Å²) in [7, 11) is -3.10. The SMILES string of the molecule is Nc1ccc(Cl)cc1C(=O)OCC(=O)N(C1CC1)[C@@H]1CCS(=O)(=O)C1. The van der Waals surface area contributed by atoms with Gasteiger partial charge in [0.2, 0.25) is 0 Å². The van der Waals surface area contributed by atoms with Crippen molar-refractivity contribution < 1.29 is 22.7 Å². The van der Waals surface area contributed by atoms with Gasteiger partial charge in [-0.2, -0.15) is 0 Å². The number of rotatable bonds is 5. The third kappa shape index (κ3) is 4.24. The Morgan fingerprint density at radius 3 is 2.56 bits per heavy atom. The Morgan fingerprint density at radius 1 is 1.24 bits per heavy atom. The average molecular weight is 387 g/mol. The summed E-state index contributed by atoms with van der Waals surface area (Å²) in [5, 5.41) is 0.336. The van der Waals surface area contributed by atoms with Crippen LogP contribution in [-0.4, -0.2) is 55.4 Å². The van der Waals surface area contributed by atoms with Crippen LogP contribution in [0.1, 0.15) is 29.6 Å². The Morgan fingerprint density at radius 2 is 1.96 bits per heavy atom. The second-order valence-corrected chi connectivity index (χ2v) is 9.06. The van der Waals surface area contributed by atoms with Gasteiger partial charge in [0.1, 0.15) is 0 Å². The highest BCUT2D eigenvalue weighted by atomic mass is 35.5. The number of halogens is 1. The fourth-order valence-electron chi connectivity index (χ4n) is 3.04. The number of benzene rings is 1. The first kappa shape index (κ1) is 18.0. The monoisotopic (exact) mass is 386 g/mol. The van der Waals surface area contributed by atoms with Crippen molar-refractivity contribution in [2.45, 2.75) is 31.3 Å². The van der Waals surface area contributed by atoms with E-state index in [4.69, 9.17) is 22.1 Å². The predicted octanol–water partition coefficient (Wildman–Crippen LogP) is 1.26. The number of anilines is 1. The van der Waals surface area contributed by atoms with Gasteiger partial charge < -0.3 is 15.4 Å².